The van der Waals surface area contributed by atoms with Crippen LogP contribution in [0, 0.1) is 11.8 Å². The Morgan fingerprint density at radius 2 is 1.86 bits per heavy atom. The predicted molar refractivity (Wildman–Crippen MR) is 107 cm³/mol. The minimum absolute atomic E-state index is 0.367. The van der Waals surface area contributed by atoms with E-state index < -0.39 is 11.7 Å². The molecule has 2 aromatic heterocycles. The molecule has 1 aliphatic rings. The van der Waals surface area contributed by atoms with E-state index in [0.717, 1.165) is 38.2 Å². The average molecular weight is 405 g/mol. The zero-order valence-corrected chi connectivity index (χ0v) is 17.0. The number of alkyl halides is 3. The van der Waals surface area contributed by atoms with Crippen LogP contribution in [0.5, 0.6) is 5.88 Å². The molecule has 0 bridgehead atoms. The van der Waals surface area contributed by atoms with Gasteiger partial charge in [0, 0.05) is 42.7 Å². The van der Waals surface area contributed by atoms with Crippen LogP contribution in [0.15, 0.2) is 37.2 Å². The van der Waals surface area contributed by atoms with Crippen molar-refractivity contribution in [3.05, 3.63) is 48.4 Å². The molecule has 0 saturated carbocycles. The van der Waals surface area contributed by atoms with Gasteiger partial charge in [-0.05, 0) is 36.8 Å². The molecule has 0 radical (unpaired) electrons. The van der Waals surface area contributed by atoms with E-state index in [2.05, 4.69) is 35.3 Å². The summed E-state index contributed by atoms with van der Waals surface area (Å²) in [7, 11) is 1.49. The van der Waals surface area contributed by atoms with Crippen LogP contribution in [-0.2, 0) is 6.18 Å². The molecule has 3 rings (SSSR count). The number of nitrogens with zero attached hydrogens (tertiary/aromatic N) is 3. The standard InChI is InChI=1S/C22H26F3N3O/c1-14(2)16-7-9-28(10-8-16)15(3)21-19(11-18(13-27-21)22(23,24)25)17-5-6-20(29-4)26-12-17/h5-6,11-14,16H,3,7-10H2,1-2,4H3. The number of aromatic nitrogens is 2. The maximum absolute atomic E-state index is 13.3. The number of hydrogen-bond acceptors (Lipinski definition) is 4. The molecule has 1 saturated heterocycles. The quantitative estimate of drug-likeness (QED) is 0.657. The fourth-order valence-corrected chi connectivity index (χ4v) is 3.72. The van der Waals surface area contributed by atoms with Gasteiger partial charge in [-0.15, -0.1) is 0 Å². The summed E-state index contributed by atoms with van der Waals surface area (Å²) in [4.78, 5) is 10.4. The number of hydrogen-bond donors (Lipinski definition) is 0. The second-order valence-corrected chi connectivity index (χ2v) is 7.72. The molecule has 29 heavy (non-hydrogen) atoms. The minimum atomic E-state index is -4.48. The SMILES string of the molecule is C=C(c1ncc(C(F)(F)F)cc1-c1ccc(OC)nc1)N1CCC(C(C)C)CC1. The van der Waals surface area contributed by atoms with Crippen molar-refractivity contribution in [2.24, 2.45) is 11.8 Å². The Morgan fingerprint density at radius 3 is 2.38 bits per heavy atom. The molecule has 4 nitrogen and oxygen atoms in total. The number of rotatable bonds is 5. The first-order valence-corrected chi connectivity index (χ1v) is 9.72. The summed E-state index contributed by atoms with van der Waals surface area (Å²) in [6.07, 6.45) is -0.0236. The second-order valence-electron chi connectivity index (χ2n) is 7.72. The van der Waals surface area contributed by atoms with Crippen molar-refractivity contribution in [3.63, 3.8) is 0 Å². The topological polar surface area (TPSA) is 38.3 Å². The maximum atomic E-state index is 13.3. The Hall–Kier alpha value is -2.57. The minimum Gasteiger partial charge on any atom is -0.481 e. The van der Waals surface area contributed by atoms with Crippen LogP contribution in [-0.4, -0.2) is 35.1 Å². The van der Waals surface area contributed by atoms with Crippen molar-refractivity contribution in [1.29, 1.82) is 0 Å². The molecule has 156 valence electrons. The van der Waals surface area contributed by atoms with Crippen molar-refractivity contribution in [2.45, 2.75) is 32.9 Å². The van der Waals surface area contributed by atoms with Gasteiger partial charge in [-0.25, -0.2) is 4.98 Å². The van der Waals surface area contributed by atoms with Crippen LogP contribution < -0.4 is 4.74 Å². The van der Waals surface area contributed by atoms with Gasteiger partial charge in [0.25, 0.3) is 0 Å². The summed E-state index contributed by atoms with van der Waals surface area (Å²) >= 11 is 0. The monoisotopic (exact) mass is 405 g/mol. The van der Waals surface area contributed by atoms with Gasteiger partial charge in [-0.2, -0.15) is 13.2 Å². The Kier molecular flexibility index (Phi) is 6.15. The number of piperidine rings is 1. The van der Waals surface area contributed by atoms with Crippen molar-refractivity contribution in [1.82, 2.24) is 14.9 Å². The van der Waals surface area contributed by atoms with Gasteiger partial charge in [-0.1, -0.05) is 20.4 Å². The lowest BCUT2D eigenvalue weighted by atomic mass is 9.86. The summed E-state index contributed by atoms with van der Waals surface area (Å²) in [6.45, 7) is 10.3. The lowest BCUT2D eigenvalue weighted by Gasteiger charge is -2.36. The number of likely N-dealkylation sites (tertiary alicyclic amines) is 1. The summed E-state index contributed by atoms with van der Waals surface area (Å²) in [5, 5.41) is 0. The molecule has 0 aliphatic carbocycles. The lowest BCUT2D eigenvalue weighted by molar-refractivity contribution is -0.137. The highest BCUT2D eigenvalue weighted by Crippen LogP contribution is 2.36. The molecule has 1 aliphatic heterocycles. The van der Waals surface area contributed by atoms with Gasteiger partial charge in [0.2, 0.25) is 5.88 Å². The highest BCUT2D eigenvalue weighted by Gasteiger charge is 2.33. The predicted octanol–water partition coefficient (Wildman–Crippen LogP) is 5.51. The van der Waals surface area contributed by atoms with E-state index in [1.54, 1.807) is 12.1 Å². The average Bonchev–Trinajstić information content (AvgIpc) is 2.72. The molecule has 0 atom stereocenters. The van der Waals surface area contributed by atoms with Crippen LogP contribution in [0.1, 0.15) is 37.9 Å². The Labute approximate surface area is 169 Å². The number of methoxy groups -OCH3 is 1. The van der Waals surface area contributed by atoms with E-state index >= 15 is 0 Å². The molecule has 0 N–H and O–H groups in total. The van der Waals surface area contributed by atoms with E-state index in [1.165, 1.54) is 13.3 Å². The summed E-state index contributed by atoms with van der Waals surface area (Å²) in [5.41, 5.74) is 1.21. The Morgan fingerprint density at radius 1 is 1.17 bits per heavy atom. The van der Waals surface area contributed by atoms with Crippen molar-refractivity contribution in [2.75, 3.05) is 20.2 Å². The van der Waals surface area contributed by atoms with E-state index in [1.807, 2.05) is 0 Å². The van der Waals surface area contributed by atoms with Gasteiger partial charge >= 0.3 is 6.18 Å². The van der Waals surface area contributed by atoms with Crippen LogP contribution in [0.25, 0.3) is 16.8 Å². The Balaban J connectivity index is 1.96. The number of ether oxygens (including phenoxy) is 1. The molecule has 0 spiro atoms. The summed E-state index contributed by atoms with van der Waals surface area (Å²) in [6, 6.07) is 4.43. The van der Waals surface area contributed by atoms with Gasteiger partial charge in [0.1, 0.15) is 0 Å². The summed E-state index contributed by atoms with van der Waals surface area (Å²) in [5.74, 6) is 1.67. The fourth-order valence-electron chi connectivity index (χ4n) is 3.72. The van der Waals surface area contributed by atoms with E-state index in [4.69, 9.17) is 4.74 Å². The fraction of sp³-hybridized carbons (Fsp3) is 0.455. The van der Waals surface area contributed by atoms with Gasteiger partial charge < -0.3 is 9.64 Å². The third-order valence-corrected chi connectivity index (χ3v) is 5.61. The van der Waals surface area contributed by atoms with E-state index in [-0.39, 0.29) is 0 Å². The first kappa shape index (κ1) is 21.1. The first-order valence-electron chi connectivity index (χ1n) is 9.72. The normalized spacial score (nSPS) is 15.6. The molecule has 0 aromatic carbocycles. The smallest absolute Gasteiger partial charge is 0.417 e. The van der Waals surface area contributed by atoms with Gasteiger partial charge in [0.05, 0.1) is 24.1 Å². The maximum Gasteiger partial charge on any atom is 0.417 e. The highest BCUT2D eigenvalue weighted by molar-refractivity contribution is 5.78. The zero-order chi connectivity index (χ0) is 21.2. The number of halogens is 3. The molecule has 2 aromatic rings. The number of pyridine rings is 2. The lowest BCUT2D eigenvalue weighted by Crippen LogP contribution is -2.34. The van der Waals surface area contributed by atoms with Crippen molar-refractivity contribution < 1.29 is 17.9 Å². The van der Waals surface area contributed by atoms with Gasteiger partial charge in [0.15, 0.2) is 0 Å². The molecule has 0 amide bonds. The van der Waals surface area contributed by atoms with E-state index in [0.29, 0.717) is 40.2 Å². The molecular weight excluding hydrogens is 379 g/mol. The van der Waals surface area contributed by atoms with E-state index in [9.17, 15) is 13.2 Å². The van der Waals surface area contributed by atoms with Crippen molar-refractivity contribution >= 4 is 5.70 Å². The van der Waals surface area contributed by atoms with Crippen LogP contribution in [0.3, 0.4) is 0 Å². The largest absolute Gasteiger partial charge is 0.481 e. The molecule has 0 unspecified atom stereocenters. The first-order chi connectivity index (χ1) is 13.7. The van der Waals surface area contributed by atoms with Crippen LogP contribution >= 0.6 is 0 Å². The van der Waals surface area contributed by atoms with Crippen molar-refractivity contribution in [3.8, 4) is 17.0 Å². The molecule has 3 heterocycles. The van der Waals surface area contributed by atoms with Crippen LogP contribution in [0.4, 0.5) is 13.2 Å². The highest BCUT2D eigenvalue weighted by atomic mass is 19.4. The third kappa shape index (κ3) is 4.71. The third-order valence-electron chi connectivity index (χ3n) is 5.61. The molecular formula is C22H26F3N3O. The van der Waals surface area contributed by atoms with Crippen LogP contribution in [0.2, 0.25) is 0 Å². The molecule has 1 fully saturated rings. The zero-order valence-electron chi connectivity index (χ0n) is 17.0. The second kappa shape index (κ2) is 8.43. The van der Waals surface area contributed by atoms with Gasteiger partial charge in [-0.3, -0.25) is 4.98 Å². The Bertz CT molecular complexity index is 855. The summed E-state index contributed by atoms with van der Waals surface area (Å²) < 4.78 is 45.0. The molecule has 7 heteroatoms.